The number of hydrogen-bond acceptors (Lipinski definition) is 4. The summed E-state index contributed by atoms with van der Waals surface area (Å²) in [6.07, 6.45) is 4.04. The van der Waals surface area contributed by atoms with Crippen LogP contribution in [0.25, 0.3) is 0 Å². The Hall–Kier alpha value is -1.43. The van der Waals surface area contributed by atoms with Crippen molar-refractivity contribution in [2.24, 2.45) is 5.41 Å². The number of hydrogen-bond donors (Lipinski definition) is 1. The monoisotopic (exact) mass is 283 g/mol. The molecule has 2 aliphatic rings. The lowest BCUT2D eigenvalue weighted by atomic mass is 9.73. The minimum absolute atomic E-state index is 0.0439. The quantitative estimate of drug-likeness (QED) is 0.766. The summed E-state index contributed by atoms with van der Waals surface area (Å²) < 4.78 is 5.07. The van der Waals surface area contributed by atoms with Gasteiger partial charge in [0.2, 0.25) is 11.8 Å². The van der Waals surface area contributed by atoms with Crippen molar-refractivity contribution in [2.75, 3.05) is 13.7 Å². The van der Waals surface area contributed by atoms with E-state index >= 15 is 0 Å². The SMILES string of the molecule is COC(CC(=O)O)CN1C(=O)CC2(CCCCC2)C1=O. The van der Waals surface area contributed by atoms with E-state index in [1.54, 1.807) is 0 Å². The van der Waals surface area contributed by atoms with Crippen molar-refractivity contribution >= 4 is 17.8 Å². The van der Waals surface area contributed by atoms with Gasteiger partial charge < -0.3 is 9.84 Å². The van der Waals surface area contributed by atoms with Gasteiger partial charge in [-0.05, 0) is 12.8 Å². The maximum Gasteiger partial charge on any atom is 0.306 e. The summed E-state index contributed by atoms with van der Waals surface area (Å²) in [5.41, 5.74) is -0.517. The van der Waals surface area contributed by atoms with E-state index < -0.39 is 17.5 Å². The molecule has 0 aromatic heterocycles. The Morgan fingerprint density at radius 2 is 2.00 bits per heavy atom. The fraction of sp³-hybridized carbons (Fsp3) is 0.786. The molecule has 112 valence electrons. The van der Waals surface area contributed by atoms with Crippen molar-refractivity contribution in [1.29, 1.82) is 0 Å². The second-order valence-corrected chi connectivity index (χ2v) is 5.78. The van der Waals surface area contributed by atoms with Gasteiger partial charge in [0, 0.05) is 13.5 Å². The first kappa shape index (κ1) is 15.0. The molecule has 1 spiro atoms. The number of carboxylic acid groups (broad SMARTS) is 1. The van der Waals surface area contributed by atoms with E-state index in [2.05, 4.69) is 0 Å². The lowest BCUT2D eigenvalue weighted by molar-refractivity contribution is -0.147. The van der Waals surface area contributed by atoms with E-state index in [1.807, 2.05) is 0 Å². The molecule has 0 bridgehead atoms. The van der Waals surface area contributed by atoms with Crippen molar-refractivity contribution in [2.45, 2.75) is 51.0 Å². The molecule has 2 rings (SSSR count). The number of methoxy groups -OCH3 is 1. The average Bonchev–Trinajstić information content (AvgIpc) is 2.62. The Bertz CT molecular complexity index is 414. The van der Waals surface area contributed by atoms with Crippen LogP contribution in [0.5, 0.6) is 0 Å². The first-order valence-electron chi connectivity index (χ1n) is 7.08. The minimum atomic E-state index is -0.997. The third kappa shape index (κ3) is 2.85. The van der Waals surface area contributed by atoms with Crippen LogP contribution in [-0.2, 0) is 19.1 Å². The molecule has 1 saturated carbocycles. The van der Waals surface area contributed by atoms with Crippen molar-refractivity contribution < 1.29 is 24.2 Å². The second-order valence-electron chi connectivity index (χ2n) is 5.78. The van der Waals surface area contributed by atoms with Crippen LogP contribution in [0, 0.1) is 5.41 Å². The zero-order valence-corrected chi connectivity index (χ0v) is 11.8. The molecule has 20 heavy (non-hydrogen) atoms. The molecule has 0 radical (unpaired) electrons. The normalized spacial score (nSPS) is 23.4. The highest BCUT2D eigenvalue weighted by Crippen LogP contribution is 2.45. The lowest BCUT2D eigenvalue weighted by Gasteiger charge is -2.31. The number of amides is 2. The van der Waals surface area contributed by atoms with Gasteiger partial charge in [0.25, 0.3) is 0 Å². The van der Waals surface area contributed by atoms with Crippen LogP contribution in [0.4, 0.5) is 0 Å². The lowest BCUT2D eigenvalue weighted by Crippen LogP contribution is -2.41. The average molecular weight is 283 g/mol. The van der Waals surface area contributed by atoms with Crippen LogP contribution in [-0.4, -0.2) is 47.5 Å². The predicted octanol–water partition coefficient (Wildman–Crippen LogP) is 1.19. The number of carboxylic acids is 1. The molecule has 1 aliphatic carbocycles. The molecule has 2 fully saturated rings. The van der Waals surface area contributed by atoms with E-state index in [4.69, 9.17) is 9.84 Å². The van der Waals surface area contributed by atoms with Crippen LogP contribution in [0.15, 0.2) is 0 Å². The summed E-state index contributed by atoms with van der Waals surface area (Å²) in [7, 11) is 1.40. The fourth-order valence-corrected chi connectivity index (χ4v) is 3.28. The number of carbonyl (C=O) groups is 3. The van der Waals surface area contributed by atoms with Crippen LogP contribution >= 0.6 is 0 Å². The second kappa shape index (κ2) is 5.91. The Balaban J connectivity index is 2.06. The number of carbonyl (C=O) groups excluding carboxylic acids is 2. The maximum atomic E-state index is 12.5. The van der Waals surface area contributed by atoms with Crippen LogP contribution in [0.1, 0.15) is 44.9 Å². The number of rotatable bonds is 5. The third-order valence-electron chi connectivity index (χ3n) is 4.42. The van der Waals surface area contributed by atoms with E-state index in [0.717, 1.165) is 32.1 Å². The summed E-state index contributed by atoms with van der Waals surface area (Å²) in [6, 6.07) is 0. The molecule has 0 aromatic rings. The Morgan fingerprint density at radius 1 is 1.35 bits per heavy atom. The summed E-state index contributed by atoms with van der Waals surface area (Å²) in [4.78, 5) is 36.6. The van der Waals surface area contributed by atoms with Crippen LogP contribution in [0.2, 0.25) is 0 Å². The van der Waals surface area contributed by atoms with E-state index in [1.165, 1.54) is 12.0 Å². The standard InChI is InChI=1S/C14H21NO5/c1-20-10(7-12(17)18)9-15-11(16)8-14(13(15)19)5-3-2-4-6-14/h10H,2-9H2,1H3,(H,17,18). The van der Waals surface area contributed by atoms with E-state index in [9.17, 15) is 14.4 Å². The predicted molar refractivity (Wildman–Crippen MR) is 69.9 cm³/mol. The van der Waals surface area contributed by atoms with Crippen LogP contribution in [0.3, 0.4) is 0 Å². The van der Waals surface area contributed by atoms with Gasteiger partial charge >= 0.3 is 5.97 Å². The highest BCUT2D eigenvalue weighted by molar-refractivity contribution is 6.06. The molecule has 1 N–H and O–H groups in total. The molecular formula is C14H21NO5. The molecule has 6 heteroatoms. The van der Waals surface area contributed by atoms with Gasteiger partial charge in [0.1, 0.15) is 0 Å². The zero-order valence-electron chi connectivity index (χ0n) is 11.8. The molecule has 1 heterocycles. The van der Waals surface area contributed by atoms with Crippen molar-refractivity contribution in [3.05, 3.63) is 0 Å². The number of likely N-dealkylation sites (tertiary alicyclic amines) is 1. The highest BCUT2D eigenvalue weighted by Gasteiger charge is 2.51. The fourth-order valence-electron chi connectivity index (χ4n) is 3.28. The first-order chi connectivity index (χ1) is 9.48. The van der Waals surface area contributed by atoms with E-state index in [0.29, 0.717) is 0 Å². The zero-order chi connectivity index (χ0) is 14.8. The first-order valence-corrected chi connectivity index (χ1v) is 7.08. The molecule has 6 nitrogen and oxygen atoms in total. The Kier molecular flexibility index (Phi) is 4.42. The summed E-state index contributed by atoms with van der Waals surface area (Å²) in [5, 5.41) is 8.79. The molecule has 2 amide bonds. The van der Waals surface area contributed by atoms with Gasteiger partial charge in [-0.2, -0.15) is 0 Å². The minimum Gasteiger partial charge on any atom is -0.481 e. The van der Waals surface area contributed by atoms with Gasteiger partial charge in [-0.1, -0.05) is 19.3 Å². The van der Waals surface area contributed by atoms with Gasteiger partial charge in [0.15, 0.2) is 0 Å². The van der Waals surface area contributed by atoms with Crippen molar-refractivity contribution in [3.63, 3.8) is 0 Å². The Morgan fingerprint density at radius 3 is 2.55 bits per heavy atom. The largest absolute Gasteiger partial charge is 0.481 e. The number of ether oxygens (including phenoxy) is 1. The highest BCUT2D eigenvalue weighted by atomic mass is 16.5. The smallest absolute Gasteiger partial charge is 0.306 e. The van der Waals surface area contributed by atoms with Gasteiger partial charge in [-0.3, -0.25) is 19.3 Å². The summed E-state index contributed by atoms with van der Waals surface area (Å²) >= 11 is 0. The summed E-state index contributed by atoms with van der Waals surface area (Å²) in [5.74, 6) is -1.32. The van der Waals surface area contributed by atoms with Gasteiger partial charge in [0.05, 0.1) is 24.5 Å². The molecular weight excluding hydrogens is 262 g/mol. The molecule has 0 aromatic carbocycles. The topological polar surface area (TPSA) is 83.9 Å². The number of imide groups is 1. The Labute approximate surface area is 118 Å². The third-order valence-corrected chi connectivity index (χ3v) is 4.42. The number of aliphatic carboxylic acids is 1. The number of nitrogens with zero attached hydrogens (tertiary/aromatic N) is 1. The molecule has 1 saturated heterocycles. The van der Waals surface area contributed by atoms with Crippen LogP contribution < -0.4 is 0 Å². The van der Waals surface area contributed by atoms with E-state index in [-0.39, 0.29) is 31.2 Å². The summed E-state index contributed by atoms with van der Waals surface area (Å²) in [6.45, 7) is 0.0439. The van der Waals surface area contributed by atoms with Crippen molar-refractivity contribution in [1.82, 2.24) is 4.90 Å². The van der Waals surface area contributed by atoms with Crippen molar-refractivity contribution in [3.8, 4) is 0 Å². The van der Waals surface area contributed by atoms with Gasteiger partial charge in [-0.15, -0.1) is 0 Å². The maximum absolute atomic E-state index is 12.5. The molecule has 1 unspecified atom stereocenters. The molecule has 1 atom stereocenters. The molecule has 1 aliphatic heterocycles. The van der Waals surface area contributed by atoms with Gasteiger partial charge in [-0.25, -0.2) is 0 Å².